The number of rotatable bonds is 2. The topological polar surface area (TPSA) is 84.3 Å². The molecule has 0 aliphatic rings. The van der Waals surface area contributed by atoms with Gasteiger partial charge in [0.1, 0.15) is 11.8 Å². The van der Waals surface area contributed by atoms with Crippen LogP contribution in [-0.2, 0) is 0 Å². The Balaban J connectivity index is 2.92. The number of carbonyl (C=O) groups excluding carboxylic acids is 1. The first-order valence-corrected chi connectivity index (χ1v) is 4.36. The number of aromatic nitrogens is 2. The Morgan fingerprint density at radius 3 is 2.93 bits per heavy atom. The molecule has 0 spiro atoms. The molecule has 2 aromatic rings. The Morgan fingerprint density at radius 2 is 2.33 bits per heavy atom. The van der Waals surface area contributed by atoms with Crippen LogP contribution in [0.2, 0.25) is 0 Å². The van der Waals surface area contributed by atoms with Crippen LogP contribution in [0.5, 0.6) is 0 Å². The number of aryl methyl sites for hydroxylation is 1. The van der Waals surface area contributed by atoms with E-state index in [9.17, 15) is 9.59 Å². The number of pyridine rings is 1. The molecule has 0 bridgehead atoms. The van der Waals surface area contributed by atoms with Crippen LogP contribution in [0, 0.1) is 6.92 Å². The molecule has 0 saturated heterocycles. The van der Waals surface area contributed by atoms with Gasteiger partial charge in [-0.3, -0.25) is 4.79 Å². The summed E-state index contributed by atoms with van der Waals surface area (Å²) in [5.74, 6) is -1.05. The average molecular weight is 205 g/mol. The average Bonchev–Trinajstić information content (AvgIpc) is 2.61. The fraction of sp³-hybridized carbons (Fsp3) is 0.100. The number of H-pyrrole nitrogens is 2. The minimum atomic E-state index is -1.05. The Bertz CT molecular complexity index is 557. The van der Waals surface area contributed by atoms with E-state index in [0.717, 1.165) is 5.56 Å². The first-order valence-electron chi connectivity index (χ1n) is 4.36. The number of aromatic amines is 2. The highest BCUT2D eigenvalue weighted by atomic mass is 16.4. The maximum Gasteiger partial charge on any atom is 0.340 e. The number of carbonyl (C=O) groups is 2. The third kappa shape index (κ3) is 1.28. The highest BCUT2D eigenvalue weighted by Gasteiger charge is 2.20. The second-order valence-corrected chi connectivity index (χ2v) is 3.26. The number of hydrogen-bond acceptors (Lipinski definition) is 2. The Labute approximate surface area is 84.8 Å². The molecule has 0 saturated carbocycles. The zero-order valence-corrected chi connectivity index (χ0v) is 8.00. The van der Waals surface area contributed by atoms with E-state index >= 15 is 0 Å². The number of aldehydes is 1. The molecule has 0 unspecified atom stereocenters. The third-order valence-electron chi connectivity index (χ3n) is 2.36. The van der Waals surface area contributed by atoms with Crippen molar-refractivity contribution in [2.75, 3.05) is 0 Å². The molecule has 2 rings (SSSR count). The van der Waals surface area contributed by atoms with Gasteiger partial charge < -0.3 is 5.11 Å². The highest BCUT2D eigenvalue weighted by Crippen LogP contribution is 2.20. The SMILES string of the molecule is Cc1c[nH+]c2[nH]cc(C(=O)O)c2c1C=O. The van der Waals surface area contributed by atoms with E-state index in [1.807, 2.05) is 0 Å². The molecule has 0 aliphatic carbocycles. The lowest BCUT2D eigenvalue weighted by Crippen LogP contribution is -2.07. The lowest BCUT2D eigenvalue weighted by Gasteiger charge is -1.96. The van der Waals surface area contributed by atoms with E-state index in [-0.39, 0.29) is 5.56 Å². The summed E-state index contributed by atoms with van der Waals surface area (Å²) in [5.41, 5.74) is 1.77. The standard InChI is InChI=1S/C10H8N2O3/c1-5-2-11-9-8(7(5)4-13)6(3-12-9)10(14)15/h2-4H,1H3,(H,11,12)(H,14,15)/p+1. The summed E-state index contributed by atoms with van der Waals surface area (Å²) in [6.07, 6.45) is 3.70. The van der Waals surface area contributed by atoms with Crippen molar-refractivity contribution in [2.45, 2.75) is 6.92 Å². The van der Waals surface area contributed by atoms with Gasteiger partial charge >= 0.3 is 5.97 Å². The summed E-state index contributed by atoms with van der Waals surface area (Å²) >= 11 is 0. The zero-order chi connectivity index (χ0) is 11.0. The second kappa shape index (κ2) is 3.20. The summed E-state index contributed by atoms with van der Waals surface area (Å²) in [6, 6.07) is 0. The van der Waals surface area contributed by atoms with Crippen LogP contribution in [0.4, 0.5) is 0 Å². The van der Waals surface area contributed by atoms with Gasteiger partial charge in [-0.15, -0.1) is 0 Å². The summed E-state index contributed by atoms with van der Waals surface area (Å²) in [5, 5.41) is 9.36. The van der Waals surface area contributed by atoms with E-state index < -0.39 is 5.97 Å². The van der Waals surface area contributed by atoms with Crippen LogP contribution < -0.4 is 4.98 Å². The van der Waals surface area contributed by atoms with Crippen LogP contribution in [0.1, 0.15) is 26.3 Å². The smallest absolute Gasteiger partial charge is 0.340 e. The van der Waals surface area contributed by atoms with E-state index in [1.54, 1.807) is 13.1 Å². The number of carboxylic acids is 1. The molecule has 2 aromatic heterocycles. The van der Waals surface area contributed by atoms with Gasteiger partial charge in [-0.05, 0) is 12.5 Å². The van der Waals surface area contributed by atoms with Crippen molar-refractivity contribution in [1.29, 1.82) is 0 Å². The molecular weight excluding hydrogens is 196 g/mol. The minimum Gasteiger partial charge on any atom is -0.478 e. The van der Waals surface area contributed by atoms with Crippen molar-refractivity contribution in [3.8, 4) is 0 Å². The molecule has 15 heavy (non-hydrogen) atoms. The predicted octanol–water partition coefficient (Wildman–Crippen LogP) is 0.801. The molecule has 5 nitrogen and oxygen atoms in total. The van der Waals surface area contributed by atoms with Crippen LogP contribution in [0.25, 0.3) is 11.0 Å². The highest BCUT2D eigenvalue weighted by molar-refractivity contribution is 6.08. The van der Waals surface area contributed by atoms with Gasteiger partial charge in [0.25, 0.3) is 5.65 Å². The Hall–Kier alpha value is -2.17. The zero-order valence-electron chi connectivity index (χ0n) is 8.00. The van der Waals surface area contributed by atoms with E-state index in [4.69, 9.17) is 5.11 Å². The van der Waals surface area contributed by atoms with E-state index in [0.29, 0.717) is 22.9 Å². The molecule has 0 aromatic carbocycles. The summed E-state index contributed by atoms with van der Waals surface area (Å²) in [7, 11) is 0. The van der Waals surface area contributed by atoms with Crippen molar-refractivity contribution in [3.63, 3.8) is 0 Å². The van der Waals surface area contributed by atoms with Crippen molar-refractivity contribution in [1.82, 2.24) is 4.98 Å². The van der Waals surface area contributed by atoms with Gasteiger partial charge in [0.2, 0.25) is 0 Å². The largest absolute Gasteiger partial charge is 0.478 e. The van der Waals surface area contributed by atoms with Crippen LogP contribution in [0.15, 0.2) is 12.4 Å². The van der Waals surface area contributed by atoms with Crippen molar-refractivity contribution in [2.24, 2.45) is 0 Å². The normalized spacial score (nSPS) is 10.5. The van der Waals surface area contributed by atoms with Gasteiger partial charge in [-0.1, -0.05) is 0 Å². The van der Waals surface area contributed by atoms with Crippen LogP contribution in [0.3, 0.4) is 0 Å². The fourth-order valence-corrected chi connectivity index (χ4v) is 1.59. The fourth-order valence-electron chi connectivity index (χ4n) is 1.59. The molecule has 5 heteroatoms. The molecule has 0 amide bonds. The number of aromatic carboxylic acids is 1. The minimum absolute atomic E-state index is 0.104. The number of hydrogen-bond donors (Lipinski definition) is 2. The third-order valence-corrected chi connectivity index (χ3v) is 2.36. The Morgan fingerprint density at radius 1 is 1.60 bits per heavy atom. The summed E-state index contributed by atoms with van der Waals surface area (Å²) < 4.78 is 0. The van der Waals surface area contributed by atoms with Crippen LogP contribution >= 0.6 is 0 Å². The number of carboxylic acid groups (broad SMARTS) is 1. The van der Waals surface area contributed by atoms with Gasteiger partial charge in [0.05, 0.1) is 11.6 Å². The van der Waals surface area contributed by atoms with Crippen molar-refractivity contribution >= 4 is 23.3 Å². The quantitative estimate of drug-likeness (QED) is 0.711. The molecule has 3 N–H and O–H groups in total. The first-order chi connectivity index (χ1) is 7.15. The molecular formula is C10H9N2O3+. The van der Waals surface area contributed by atoms with Gasteiger partial charge in [-0.2, -0.15) is 0 Å². The molecule has 0 atom stereocenters. The van der Waals surface area contributed by atoms with Gasteiger partial charge in [-0.25, -0.2) is 14.8 Å². The van der Waals surface area contributed by atoms with Gasteiger partial charge in [0.15, 0.2) is 6.29 Å². The summed E-state index contributed by atoms with van der Waals surface area (Å²) in [6.45, 7) is 1.75. The van der Waals surface area contributed by atoms with Crippen LogP contribution in [-0.4, -0.2) is 22.3 Å². The molecule has 0 radical (unpaired) electrons. The van der Waals surface area contributed by atoms with Gasteiger partial charge in [0, 0.05) is 5.56 Å². The molecule has 76 valence electrons. The Kier molecular flexibility index (Phi) is 2.00. The lowest BCUT2D eigenvalue weighted by atomic mass is 10.1. The maximum absolute atomic E-state index is 10.9. The number of fused-ring (bicyclic) bond motifs is 1. The monoisotopic (exact) mass is 205 g/mol. The van der Waals surface area contributed by atoms with E-state index in [1.165, 1.54) is 6.20 Å². The maximum atomic E-state index is 10.9. The van der Waals surface area contributed by atoms with Crippen molar-refractivity contribution in [3.05, 3.63) is 29.1 Å². The second-order valence-electron chi connectivity index (χ2n) is 3.26. The number of nitrogens with one attached hydrogen (secondary N) is 2. The van der Waals surface area contributed by atoms with E-state index in [2.05, 4.69) is 9.97 Å². The molecule has 2 heterocycles. The lowest BCUT2D eigenvalue weighted by molar-refractivity contribution is -0.348. The molecule has 0 fully saturated rings. The molecule has 0 aliphatic heterocycles. The van der Waals surface area contributed by atoms with Crippen molar-refractivity contribution < 1.29 is 19.7 Å². The first kappa shape index (κ1) is 9.39. The summed E-state index contributed by atoms with van der Waals surface area (Å²) in [4.78, 5) is 27.5. The predicted molar refractivity (Wildman–Crippen MR) is 51.9 cm³/mol.